The summed E-state index contributed by atoms with van der Waals surface area (Å²) in [6.07, 6.45) is 1.21. The van der Waals surface area contributed by atoms with Gasteiger partial charge < -0.3 is 0 Å². The first-order valence-corrected chi connectivity index (χ1v) is 4.52. The summed E-state index contributed by atoms with van der Waals surface area (Å²) in [4.78, 5) is 11.6. The first kappa shape index (κ1) is 10.1. The highest BCUT2D eigenvalue weighted by atomic mass is 16.1. The summed E-state index contributed by atoms with van der Waals surface area (Å²) in [5.74, 6) is 0.233. The Morgan fingerprint density at radius 2 is 2.00 bits per heavy atom. The molecule has 1 aliphatic rings. The molecule has 0 spiro atoms. The van der Waals surface area contributed by atoms with Crippen molar-refractivity contribution in [1.82, 2.24) is 0 Å². The molecule has 0 saturated heterocycles. The van der Waals surface area contributed by atoms with E-state index >= 15 is 0 Å². The maximum Gasteiger partial charge on any atom is 0.143 e. The zero-order valence-corrected chi connectivity index (χ0v) is 8.72. The van der Waals surface area contributed by atoms with Crippen molar-refractivity contribution in [3.05, 3.63) is 0 Å². The molecule has 3 nitrogen and oxygen atoms in total. The van der Waals surface area contributed by atoms with Crippen molar-refractivity contribution in [2.45, 2.75) is 40.5 Å². The predicted octanol–water partition coefficient (Wildman–Crippen LogP) is 2.21. The highest BCUT2D eigenvalue weighted by molar-refractivity contribution is 6.13. The van der Waals surface area contributed by atoms with Gasteiger partial charge >= 0.3 is 0 Å². The van der Waals surface area contributed by atoms with Gasteiger partial charge in [-0.3, -0.25) is 4.79 Å². The van der Waals surface area contributed by atoms with Crippen molar-refractivity contribution in [3.8, 4) is 0 Å². The minimum absolute atomic E-state index is 0.233. The fourth-order valence-electron chi connectivity index (χ4n) is 1.07. The van der Waals surface area contributed by atoms with Crippen LogP contribution >= 0.6 is 0 Å². The van der Waals surface area contributed by atoms with Crippen molar-refractivity contribution in [3.63, 3.8) is 0 Å². The van der Waals surface area contributed by atoms with Gasteiger partial charge in [-0.05, 0) is 6.92 Å². The van der Waals surface area contributed by atoms with Gasteiger partial charge in [0.15, 0.2) is 0 Å². The van der Waals surface area contributed by atoms with Crippen LogP contribution in [0.3, 0.4) is 0 Å². The number of rotatable bonds is 2. The van der Waals surface area contributed by atoms with Gasteiger partial charge in [-0.25, -0.2) is 0 Å². The summed E-state index contributed by atoms with van der Waals surface area (Å²) in [5, 5.41) is 7.86. The molecule has 0 N–H and O–H groups in total. The first-order valence-electron chi connectivity index (χ1n) is 4.52. The smallest absolute Gasteiger partial charge is 0.143 e. The van der Waals surface area contributed by atoms with Crippen LogP contribution in [-0.4, -0.2) is 17.2 Å². The molecule has 0 saturated carbocycles. The second-order valence-electron chi connectivity index (χ2n) is 4.53. The van der Waals surface area contributed by atoms with E-state index in [4.69, 9.17) is 0 Å². The number of carbonyl (C=O) groups is 1. The lowest BCUT2D eigenvalue weighted by atomic mass is 9.87. The largest absolute Gasteiger partial charge is 0.299 e. The maximum absolute atomic E-state index is 11.6. The van der Waals surface area contributed by atoms with Crippen molar-refractivity contribution in [2.75, 3.05) is 0 Å². The fourth-order valence-corrected chi connectivity index (χ4v) is 1.07. The quantitative estimate of drug-likeness (QED) is 0.642. The number of Topliss-reactive ketones (excluding diaryl/α,β-unsaturated/α-hetero) is 1. The number of carbonyl (C=O) groups excluding carboxylic acids is 1. The molecule has 3 heteroatoms. The minimum atomic E-state index is -0.265. The Morgan fingerprint density at radius 3 is 2.38 bits per heavy atom. The molecule has 0 radical (unpaired) electrons. The lowest BCUT2D eigenvalue weighted by Gasteiger charge is -2.15. The van der Waals surface area contributed by atoms with Gasteiger partial charge in [0.25, 0.3) is 0 Å². The van der Waals surface area contributed by atoms with Crippen LogP contribution in [0.15, 0.2) is 10.2 Å². The van der Waals surface area contributed by atoms with Crippen LogP contribution in [0.2, 0.25) is 0 Å². The minimum Gasteiger partial charge on any atom is -0.299 e. The van der Waals surface area contributed by atoms with Crippen LogP contribution in [0.25, 0.3) is 0 Å². The molecule has 1 rings (SSSR count). The fraction of sp³-hybridized carbons (Fsp3) is 0.700. The van der Waals surface area contributed by atoms with E-state index < -0.39 is 0 Å². The number of hydrogen-bond donors (Lipinski definition) is 0. The van der Waals surface area contributed by atoms with Gasteiger partial charge in [0.2, 0.25) is 0 Å². The molecule has 0 aromatic rings. The zero-order valence-electron chi connectivity index (χ0n) is 8.72. The van der Waals surface area contributed by atoms with E-state index in [-0.39, 0.29) is 11.2 Å². The maximum atomic E-state index is 11.6. The summed E-state index contributed by atoms with van der Waals surface area (Å²) in [6, 6.07) is 0. The molecule has 0 aliphatic carbocycles. The van der Waals surface area contributed by atoms with E-state index in [1.54, 1.807) is 0 Å². The van der Waals surface area contributed by atoms with E-state index in [0.717, 1.165) is 17.8 Å². The topological polar surface area (TPSA) is 41.8 Å². The Kier molecular flexibility index (Phi) is 2.64. The standard InChI is InChI=1S/C10H16N2O/c1-7-5-8(12-11-7)6-9(13)10(2,3)4/h5-6H2,1-4H3. The van der Waals surface area contributed by atoms with Crippen molar-refractivity contribution in [2.24, 2.45) is 15.6 Å². The van der Waals surface area contributed by atoms with Crippen molar-refractivity contribution in [1.29, 1.82) is 0 Å². The van der Waals surface area contributed by atoms with E-state index in [9.17, 15) is 4.79 Å². The second kappa shape index (κ2) is 3.40. The van der Waals surface area contributed by atoms with Crippen LogP contribution < -0.4 is 0 Å². The Balaban J connectivity index is 2.49. The van der Waals surface area contributed by atoms with E-state index in [1.165, 1.54) is 0 Å². The van der Waals surface area contributed by atoms with Gasteiger partial charge in [0.1, 0.15) is 5.78 Å². The third-order valence-corrected chi connectivity index (χ3v) is 2.02. The molecule has 0 amide bonds. The molecule has 0 aromatic carbocycles. The summed E-state index contributed by atoms with van der Waals surface area (Å²) < 4.78 is 0. The number of hydrogen-bond acceptors (Lipinski definition) is 3. The molecule has 0 fully saturated rings. The van der Waals surface area contributed by atoms with Crippen LogP contribution in [0.4, 0.5) is 0 Å². The van der Waals surface area contributed by atoms with E-state index in [2.05, 4.69) is 10.2 Å². The van der Waals surface area contributed by atoms with E-state index in [1.807, 2.05) is 27.7 Å². The normalized spacial score (nSPS) is 16.9. The molecule has 72 valence electrons. The Labute approximate surface area is 78.9 Å². The Bertz CT molecular complexity index is 282. The monoisotopic (exact) mass is 180 g/mol. The van der Waals surface area contributed by atoms with Gasteiger partial charge in [-0.1, -0.05) is 20.8 Å². The lowest BCUT2D eigenvalue weighted by molar-refractivity contribution is -0.125. The molecular formula is C10H16N2O. The van der Waals surface area contributed by atoms with Crippen LogP contribution in [0, 0.1) is 5.41 Å². The molecule has 0 bridgehead atoms. The average Bonchev–Trinajstić information content (AvgIpc) is 2.33. The predicted molar refractivity (Wildman–Crippen MR) is 54.2 cm³/mol. The van der Waals surface area contributed by atoms with Crippen molar-refractivity contribution >= 4 is 17.2 Å². The third-order valence-electron chi connectivity index (χ3n) is 2.02. The summed E-state index contributed by atoms with van der Waals surface area (Å²) in [5.41, 5.74) is 1.63. The first-order chi connectivity index (χ1) is 5.89. The lowest BCUT2D eigenvalue weighted by Crippen LogP contribution is -2.22. The van der Waals surface area contributed by atoms with E-state index in [0.29, 0.717) is 6.42 Å². The molecular weight excluding hydrogens is 164 g/mol. The summed E-state index contributed by atoms with van der Waals surface area (Å²) in [6.45, 7) is 7.72. The average molecular weight is 180 g/mol. The summed E-state index contributed by atoms with van der Waals surface area (Å²) >= 11 is 0. The van der Waals surface area contributed by atoms with Crippen LogP contribution in [0.1, 0.15) is 40.5 Å². The number of nitrogens with zero attached hydrogens (tertiary/aromatic N) is 2. The van der Waals surface area contributed by atoms with Crippen molar-refractivity contribution < 1.29 is 4.79 Å². The molecule has 1 aliphatic heterocycles. The van der Waals surface area contributed by atoms with Crippen LogP contribution in [0.5, 0.6) is 0 Å². The molecule has 0 atom stereocenters. The summed E-state index contributed by atoms with van der Waals surface area (Å²) in [7, 11) is 0. The molecule has 13 heavy (non-hydrogen) atoms. The molecule has 0 aromatic heterocycles. The molecule has 0 unspecified atom stereocenters. The second-order valence-corrected chi connectivity index (χ2v) is 4.53. The Morgan fingerprint density at radius 1 is 1.38 bits per heavy atom. The van der Waals surface area contributed by atoms with Gasteiger partial charge in [-0.15, -0.1) is 0 Å². The SMILES string of the molecule is CC1=NN=C(CC(=O)C(C)(C)C)C1. The van der Waals surface area contributed by atoms with Gasteiger partial charge in [-0.2, -0.15) is 10.2 Å². The highest BCUT2D eigenvalue weighted by Crippen LogP contribution is 2.18. The van der Waals surface area contributed by atoms with Gasteiger partial charge in [0.05, 0.1) is 5.71 Å². The zero-order chi connectivity index (χ0) is 10.1. The van der Waals surface area contributed by atoms with Crippen LogP contribution in [-0.2, 0) is 4.79 Å². The van der Waals surface area contributed by atoms with Gasteiger partial charge in [0, 0.05) is 24.0 Å². The highest BCUT2D eigenvalue weighted by Gasteiger charge is 2.23. The molecule has 1 heterocycles. The number of ketones is 1. The third kappa shape index (κ3) is 2.76. The Hall–Kier alpha value is -0.990.